The van der Waals surface area contributed by atoms with E-state index in [1.165, 1.54) is 12.8 Å². The van der Waals surface area contributed by atoms with E-state index in [1.54, 1.807) is 6.07 Å². The zero-order valence-electron chi connectivity index (χ0n) is 14.9. The molecule has 0 saturated heterocycles. The number of carbonyl (C=O) groups excluding carboxylic acids is 1. The second kappa shape index (κ2) is 7.47. The number of carboxylic acids is 1. The lowest BCUT2D eigenvalue weighted by atomic mass is 9.85. The second-order valence-electron chi connectivity index (χ2n) is 7.26. The van der Waals surface area contributed by atoms with Crippen LogP contribution in [0, 0.1) is 12.8 Å². The van der Waals surface area contributed by atoms with Gasteiger partial charge in [0.2, 0.25) is 0 Å². The first kappa shape index (κ1) is 17.8. The van der Waals surface area contributed by atoms with Gasteiger partial charge in [-0.3, -0.25) is 14.5 Å². The molecule has 1 amide bonds. The van der Waals surface area contributed by atoms with Crippen molar-refractivity contribution >= 4 is 11.9 Å². The lowest BCUT2D eigenvalue weighted by Crippen LogP contribution is -2.55. The highest BCUT2D eigenvalue weighted by molar-refractivity contribution is 5.95. The van der Waals surface area contributed by atoms with Crippen molar-refractivity contribution in [2.45, 2.75) is 58.0 Å². The van der Waals surface area contributed by atoms with Crippen molar-refractivity contribution in [3.05, 3.63) is 23.0 Å². The summed E-state index contributed by atoms with van der Waals surface area (Å²) >= 11 is 0. The van der Waals surface area contributed by atoms with Crippen molar-refractivity contribution < 1.29 is 14.7 Å². The lowest BCUT2D eigenvalue weighted by Gasteiger charge is -2.42. The van der Waals surface area contributed by atoms with Crippen molar-refractivity contribution in [2.75, 3.05) is 13.1 Å². The molecule has 3 rings (SSSR count). The van der Waals surface area contributed by atoms with Crippen LogP contribution in [0.5, 0.6) is 0 Å². The van der Waals surface area contributed by atoms with Gasteiger partial charge in [0.25, 0.3) is 5.91 Å². The van der Waals surface area contributed by atoms with Gasteiger partial charge in [0.15, 0.2) is 0 Å². The van der Waals surface area contributed by atoms with Gasteiger partial charge in [0.05, 0.1) is 23.5 Å². The van der Waals surface area contributed by atoms with Crippen molar-refractivity contribution in [1.29, 1.82) is 0 Å². The second-order valence-corrected chi connectivity index (χ2v) is 7.26. The van der Waals surface area contributed by atoms with Crippen LogP contribution in [-0.4, -0.2) is 57.3 Å². The summed E-state index contributed by atoms with van der Waals surface area (Å²) in [5, 5.41) is 20.3. The maximum absolute atomic E-state index is 12.5. The Balaban J connectivity index is 1.54. The van der Waals surface area contributed by atoms with Gasteiger partial charge in [-0.25, -0.2) is 0 Å². The molecule has 1 aromatic heterocycles. The smallest absolute Gasteiger partial charge is 0.317 e. The molecule has 7 nitrogen and oxygen atoms in total. The van der Waals surface area contributed by atoms with E-state index in [1.807, 2.05) is 13.8 Å². The molecule has 0 aliphatic heterocycles. The molecule has 136 valence electrons. The zero-order chi connectivity index (χ0) is 18.0. The Morgan fingerprint density at radius 3 is 2.64 bits per heavy atom. The van der Waals surface area contributed by atoms with Crippen LogP contribution in [0.15, 0.2) is 6.07 Å². The van der Waals surface area contributed by atoms with E-state index < -0.39 is 5.97 Å². The van der Waals surface area contributed by atoms with E-state index >= 15 is 0 Å². The lowest BCUT2D eigenvalue weighted by molar-refractivity contribution is -0.139. The highest BCUT2D eigenvalue weighted by atomic mass is 16.4. The summed E-state index contributed by atoms with van der Waals surface area (Å²) in [6.07, 6.45) is 4.70. The number of rotatable bonds is 8. The summed E-state index contributed by atoms with van der Waals surface area (Å²) < 4.78 is 0. The molecule has 25 heavy (non-hydrogen) atoms. The Labute approximate surface area is 147 Å². The van der Waals surface area contributed by atoms with Crippen LogP contribution in [-0.2, 0) is 11.2 Å². The molecule has 0 unspecified atom stereocenters. The highest BCUT2D eigenvalue weighted by Gasteiger charge is 2.38. The van der Waals surface area contributed by atoms with Gasteiger partial charge >= 0.3 is 5.97 Å². The SMILES string of the molecule is CCc1nnc(C)cc1C(=O)NC1CC(N(CC(=O)O)CC2CC2)C1. The zero-order valence-corrected chi connectivity index (χ0v) is 14.9. The number of carbonyl (C=O) groups is 2. The summed E-state index contributed by atoms with van der Waals surface area (Å²) in [5.41, 5.74) is 2.03. The molecule has 1 aromatic rings. The molecule has 2 aliphatic carbocycles. The molecular weight excluding hydrogens is 320 g/mol. The van der Waals surface area contributed by atoms with Gasteiger partial charge in [-0.15, -0.1) is 0 Å². The van der Waals surface area contributed by atoms with Gasteiger partial charge in [-0.1, -0.05) is 6.92 Å². The first-order valence-corrected chi connectivity index (χ1v) is 9.06. The van der Waals surface area contributed by atoms with E-state index in [0.29, 0.717) is 23.6 Å². The van der Waals surface area contributed by atoms with E-state index in [0.717, 1.165) is 25.1 Å². The monoisotopic (exact) mass is 346 g/mol. The fraction of sp³-hybridized carbons (Fsp3) is 0.667. The number of hydrogen-bond acceptors (Lipinski definition) is 5. The number of hydrogen-bond donors (Lipinski definition) is 2. The van der Waals surface area contributed by atoms with E-state index in [4.69, 9.17) is 5.11 Å². The predicted molar refractivity (Wildman–Crippen MR) is 92.4 cm³/mol. The fourth-order valence-electron chi connectivity index (χ4n) is 3.39. The number of amides is 1. The van der Waals surface area contributed by atoms with E-state index in [9.17, 15) is 9.59 Å². The average Bonchev–Trinajstić information content (AvgIpc) is 3.33. The molecule has 2 saturated carbocycles. The normalized spacial score (nSPS) is 22.5. The van der Waals surface area contributed by atoms with Gasteiger partial charge < -0.3 is 10.4 Å². The van der Waals surface area contributed by atoms with Gasteiger partial charge in [0.1, 0.15) is 0 Å². The third-order valence-electron chi connectivity index (χ3n) is 5.06. The van der Waals surface area contributed by atoms with Gasteiger partial charge in [-0.05, 0) is 51.0 Å². The summed E-state index contributed by atoms with van der Waals surface area (Å²) in [6.45, 7) is 4.74. The Morgan fingerprint density at radius 1 is 1.32 bits per heavy atom. The molecule has 7 heteroatoms. The largest absolute Gasteiger partial charge is 0.480 e. The summed E-state index contributed by atoms with van der Waals surface area (Å²) in [4.78, 5) is 25.7. The Morgan fingerprint density at radius 2 is 2.04 bits per heavy atom. The molecule has 0 spiro atoms. The number of carboxylic acid groups (broad SMARTS) is 1. The van der Waals surface area contributed by atoms with Crippen molar-refractivity contribution in [2.24, 2.45) is 5.92 Å². The summed E-state index contributed by atoms with van der Waals surface area (Å²) in [7, 11) is 0. The minimum atomic E-state index is -0.779. The van der Waals surface area contributed by atoms with Crippen LogP contribution in [0.2, 0.25) is 0 Å². The van der Waals surface area contributed by atoms with Crippen molar-refractivity contribution in [3.8, 4) is 0 Å². The number of nitrogens with zero attached hydrogens (tertiary/aromatic N) is 3. The highest BCUT2D eigenvalue weighted by Crippen LogP contribution is 2.33. The minimum Gasteiger partial charge on any atom is -0.480 e. The standard InChI is InChI=1S/C18H26N4O3/c1-3-16-15(6-11(2)20-21-16)18(25)19-13-7-14(8-13)22(10-17(23)24)9-12-4-5-12/h6,12-14H,3-5,7-10H2,1-2H3,(H,19,25)(H,23,24). The van der Waals surface area contributed by atoms with Crippen LogP contribution in [0.4, 0.5) is 0 Å². The first-order chi connectivity index (χ1) is 12.0. The molecule has 0 bridgehead atoms. The number of aromatic nitrogens is 2. The molecule has 2 N–H and O–H groups in total. The summed E-state index contributed by atoms with van der Waals surface area (Å²) in [6, 6.07) is 2.14. The number of aryl methyl sites for hydroxylation is 2. The molecule has 2 aliphatic rings. The maximum Gasteiger partial charge on any atom is 0.317 e. The Bertz CT molecular complexity index is 654. The Hall–Kier alpha value is -2.02. The summed E-state index contributed by atoms with van der Waals surface area (Å²) in [5.74, 6) is -0.227. The van der Waals surface area contributed by atoms with Crippen LogP contribution < -0.4 is 5.32 Å². The van der Waals surface area contributed by atoms with Crippen molar-refractivity contribution in [1.82, 2.24) is 20.4 Å². The quantitative estimate of drug-likeness (QED) is 0.739. The van der Waals surface area contributed by atoms with E-state index in [-0.39, 0.29) is 24.5 Å². The molecule has 0 radical (unpaired) electrons. The topological polar surface area (TPSA) is 95.4 Å². The van der Waals surface area contributed by atoms with Crippen LogP contribution in [0.25, 0.3) is 0 Å². The van der Waals surface area contributed by atoms with E-state index in [2.05, 4.69) is 20.4 Å². The molecule has 1 heterocycles. The van der Waals surface area contributed by atoms with Crippen LogP contribution in [0.1, 0.15) is 54.4 Å². The Kier molecular flexibility index (Phi) is 5.32. The van der Waals surface area contributed by atoms with Crippen LogP contribution in [0.3, 0.4) is 0 Å². The first-order valence-electron chi connectivity index (χ1n) is 9.06. The third kappa shape index (κ3) is 4.54. The molecule has 0 atom stereocenters. The number of nitrogens with one attached hydrogen (secondary N) is 1. The van der Waals surface area contributed by atoms with Crippen LogP contribution >= 0.6 is 0 Å². The minimum absolute atomic E-state index is 0.0925. The van der Waals surface area contributed by atoms with Crippen molar-refractivity contribution in [3.63, 3.8) is 0 Å². The maximum atomic E-state index is 12.5. The third-order valence-corrected chi connectivity index (χ3v) is 5.06. The molecular formula is C18H26N4O3. The van der Waals surface area contributed by atoms with Gasteiger partial charge in [-0.2, -0.15) is 10.2 Å². The predicted octanol–water partition coefficient (Wildman–Crippen LogP) is 1.40. The number of aliphatic carboxylic acids is 1. The fourth-order valence-corrected chi connectivity index (χ4v) is 3.39. The average molecular weight is 346 g/mol. The molecule has 2 fully saturated rings. The molecule has 0 aromatic carbocycles. The van der Waals surface area contributed by atoms with Gasteiger partial charge in [0, 0.05) is 18.6 Å².